The minimum absolute atomic E-state index is 0.561. The Morgan fingerprint density at radius 1 is 0.310 bits per heavy atom. The third kappa shape index (κ3) is 4.87. The van der Waals surface area contributed by atoms with Crippen LogP contribution in [-0.2, 0) is 0 Å². The van der Waals surface area contributed by atoms with E-state index in [0.29, 0.717) is 17.6 Å². The molecule has 0 bridgehead atoms. The van der Waals surface area contributed by atoms with Crippen LogP contribution in [0, 0.1) is 0 Å². The summed E-state index contributed by atoms with van der Waals surface area (Å²) in [6, 6.07) is 70.8. The van der Waals surface area contributed by atoms with Gasteiger partial charge in [-0.3, -0.25) is 4.57 Å². The Bertz CT molecular complexity index is 3520. The van der Waals surface area contributed by atoms with Gasteiger partial charge >= 0.3 is 0 Å². The molecule has 270 valence electrons. The topological polar surface area (TPSA) is 48.5 Å². The Hall–Kier alpha value is -7.89. The molecule has 3 heterocycles. The van der Waals surface area contributed by atoms with Crippen LogP contribution >= 0.6 is 0 Å². The molecule has 58 heavy (non-hydrogen) atoms. The maximum atomic E-state index is 5.44. The summed E-state index contributed by atoms with van der Waals surface area (Å²) in [6.07, 6.45) is 0. The summed E-state index contributed by atoms with van der Waals surface area (Å²) in [4.78, 5) is 16.2. The third-order valence-corrected chi connectivity index (χ3v) is 11.6. The van der Waals surface area contributed by atoms with Crippen LogP contribution in [0.2, 0.25) is 0 Å². The van der Waals surface area contributed by atoms with Crippen molar-refractivity contribution in [3.8, 4) is 45.5 Å². The Labute approximate surface area is 333 Å². The van der Waals surface area contributed by atoms with Gasteiger partial charge in [-0.25, -0.2) is 4.98 Å². The molecule has 0 fully saturated rings. The van der Waals surface area contributed by atoms with Gasteiger partial charge in [-0.2, -0.15) is 9.97 Å². The van der Waals surface area contributed by atoms with Gasteiger partial charge < -0.3 is 4.57 Å². The molecule has 0 amide bonds. The molecule has 0 saturated heterocycles. The van der Waals surface area contributed by atoms with Gasteiger partial charge in [0.05, 0.1) is 27.8 Å². The zero-order chi connectivity index (χ0) is 38.2. The smallest absolute Gasteiger partial charge is 0.238 e. The molecule has 0 radical (unpaired) electrons. The molecule has 0 aliphatic carbocycles. The fourth-order valence-corrected chi connectivity index (χ4v) is 9.05. The maximum absolute atomic E-state index is 5.44. The summed E-state index contributed by atoms with van der Waals surface area (Å²) in [5, 5.41) is 9.24. The van der Waals surface area contributed by atoms with Crippen LogP contribution in [0.25, 0.3) is 111 Å². The van der Waals surface area contributed by atoms with Gasteiger partial charge in [-0.1, -0.05) is 176 Å². The van der Waals surface area contributed by atoms with E-state index in [-0.39, 0.29) is 0 Å². The lowest BCUT2D eigenvalue weighted by Gasteiger charge is -2.16. The second-order valence-electron chi connectivity index (χ2n) is 14.8. The largest absolute Gasteiger partial charge is 0.308 e. The van der Waals surface area contributed by atoms with Crippen molar-refractivity contribution in [2.75, 3.05) is 0 Å². The van der Waals surface area contributed by atoms with Gasteiger partial charge in [0.15, 0.2) is 11.6 Å². The summed E-state index contributed by atoms with van der Waals surface area (Å²) < 4.78 is 4.71. The fourth-order valence-electron chi connectivity index (χ4n) is 9.05. The van der Waals surface area contributed by atoms with Gasteiger partial charge in [0.25, 0.3) is 0 Å². The van der Waals surface area contributed by atoms with Gasteiger partial charge in [0.1, 0.15) is 0 Å². The first-order chi connectivity index (χ1) is 28.8. The van der Waals surface area contributed by atoms with Crippen molar-refractivity contribution < 1.29 is 0 Å². The minimum atomic E-state index is 0.561. The van der Waals surface area contributed by atoms with Crippen molar-refractivity contribution in [2.45, 2.75) is 0 Å². The predicted octanol–water partition coefficient (Wildman–Crippen LogP) is 13.4. The van der Waals surface area contributed by atoms with Crippen LogP contribution in [0.1, 0.15) is 0 Å². The third-order valence-electron chi connectivity index (χ3n) is 11.6. The first kappa shape index (κ1) is 32.4. The van der Waals surface area contributed by atoms with Crippen molar-refractivity contribution in [1.82, 2.24) is 24.1 Å². The van der Waals surface area contributed by atoms with E-state index in [1.807, 2.05) is 6.07 Å². The van der Waals surface area contributed by atoms with Gasteiger partial charge in [-0.15, -0.1) is 0 Å². The zero-order valence-electron chi connectivity index (χ0n) is 31.3. The van der Waals surface area contributed by atoms with E-state index in [4.69, 9.17) is 15.0 Å². The highest BCUT2D eigenvalue weighted by molar-refractivity contribution is 6.22. The van der Waals surface area contributed by atoms with E-state index < -0.39 is 0 Å². The highest BCUT2D eigenvalue weighted by Gasteiger charge is 2.24. The van der Waals surface area contributed by atoms with Crippen molar-refractivity contribution in [1.29, 1.82) is 0 Å². The molecule has 0 atom stereocenters. The minimum Gasteiger partial charge on any atom is -0.308 e. The van der Waals surface area contributed by atoms with Crippen LogP contribution < -0.4 is 0 Å². The number of benzene rings is 9. The Kier molecular flexibility index (Phi) is 7.16. The number of rotatable bonds is 5. The number of aromatic nitrogens is 5. The second kappa shape index (κ2) is 12.8. The van der Waals surface area contributed by atoms with E-state index in [0.717, 1.165) is 76.9 Å². The van der Waals surface area contributed by atoms with E-state index in [9.17, 15) is 0 Å². The molecule has 0 N–H and O–H groups in total. The number of hydrogen-bond donors (Lipinski definition) is 0. The molecular weight excluding hydrogens is 707 g/mol. The van der Waals surface area contributed by atoms with Crippen molar-refractivity contribution in [2.24, 2.45) is 0 Å². The SMILES string of the molecule is c1ccc(-c2ccccc2-c2nc(-c3cccc4ccccc34)nc(-n3c4ccccc4c4c(-n5c6ccccc6c6ccccc65)c5ccccc5cc43)n2)cc1. The van der Waals surface area contributed by atoms with Gasteiger partial charge in [0.2, 0.25) is 5.95 Å². The molecule has 0 spiro atoms. The average Bonchev–Trinajstić information content (AvgIpc) is 3.81. The van der Waals surface area contributed by atoms with Crippen molar-refractivity contribution >= 4 is 65.2 Å². The van der Waals surface area contributed by atoms with Crippen LogP contribution in [-0.4, -0.2) is 24.1 Å². The standard InChI is InChI=1S/C53H33N5/c1-2-17-34(18-3-1)37-23-8-9-27-42(37)51-54-52(43-29-16-21-35-19-4-6-22-38(35)43)56-53(55-51)58-47-32-15-12-28-44(47)49-48(58)33-36-20-5-7-24-39(36)50(49)57-45-30-13-10-25-40(45)41-26-11-14-31-46(41)57/h1-33H. The molecule has 0 saturated carbocycles. The lowest BCUT2D eigenvalue weighted by molar-refractivity contribution is 0.954. The Balaban J connectivity index is 1.23. The summed E-state index contributed by atoms with van der Waals surface area (Å²) in [5.41, 5.74) is 9.57. The number of fused-ring (bicyclic) bond motifs is 8. The molecule has 0 aliphatic heterocycles. The Morgan fingerprint density at radius 3 is 1.53 bits per heavy atom. The number of hydrogen-bond acceptors (Lipinski definition) is 3. The van der Waals surface area contributed by atoms with Gasteiger partial charge in [-0.05, 0) is 51.6 Å². The number of nitrogens with zero attached hydrogens (tertiary/aromatic N) is 5. The second-order valence-corrected chi connectivity index (χ2v) is 14.8. The molecular formula is C53H33N5. The summed E-state index contributed by atoms with van der Waals surface area (Å²) >= 11 is 0. The highest BCUT2D eigenvalue weighted by atomic mass is 15.2. The quantitative estimate of drug-likeness (QED) is 0.177. The molecule has 12 rings (SSSR count). The van der Waals surface area contributed by atoms with Crippen LogP contribution in [0.3, 0.4) is 0 Å². The first-order valence-corrected chi connectivity index (χ1v) is 19.6. The summed E-state index contributed by atoms with van der Waals surface area (Å²) in [5.74, 6) is 1.79. The molecule has 12 aromatic rings. The maximum Gasteiger partial charge on any atom is 0.238 e. The van der Waals surface area contributed by atoms with Crippen LogP contribution in [0.4, 0.5) is 0 Å². The predicted molar refractivity (Wildman–Crippen MR) is 240 cm³/mol. The average molecular weight is 740 g/mol. The number of para-hydroxylation sites is 3. The highest BCUT2D eigenvalue weighted by Crippen LogP contribution is 2.44. The van der Waals surface area contributed by atoms with E-state index in [1.54, 1.807) is 0 Å². The molecule has 5 nitrogen and oxygen atoms in total. The van der Waals surface area contributed by atoms with E-state index in [1.165, 1.54) is 16.2 Å². The summed E-state index contributed by atoms with van der Waals surface area (Å²) in [6.45, 7) is 0. The molecule has 5 heteroatoms. The molecule has 0 aliphatic rings. The molecule has 3 aromatic heterocycles. The molecule has 9 aromatic carbocycles. The monoisotopic (exact) mass is 739 g/mol. The Morgan fingerprint density at radius 2 is 0.810 bits per heavy atom. The van der Waals surface area contributed by atoms with E-state index >= 15 is 0 Å². The van der Waals surface area contributed by atoms with Crippen molar-refractivity contribution in [3.05, 3.63) is 200 Å². The first-order valence-electron chi connectivity index (χ1n) is 19.6. The fraction of sp³-hybridized carbons (Fsp3) is 0. The van der Waals surface area contributed by atoms with Gasteiger partial charge in [0, 0.05) is 38.1 Å². The normalized spacial score (nSPS) is 11.8. The van der Waals surface area contributed by atoms with Crippen LogP contribution in [0.15, 0.2) is 200 Å². The molecule has 0 unspecified atom stereocenters. The lowest BCUT2D eigenvalue weighted by atomic mass is 9.99. The van der Waals surface area contributed by atoms with Crippen LogP contribution in [0.5, 0.6) is 0 Å². The van der Waals surface area contributed by atoms with Crippen molar-refractivity contribution in [3.63, 3.8) is 0 Å². The lowest BCUT2D eigenvalue weighted by Crippen LogP contribution is -2.07. The summed E-state index contributed by atoms with van der Waals surface area (Å²) in [7, 11) is 0. The van der Waals surface area contributed by atoms with E-state index in [2.05, 4.69) is 203 Å². The zero-order valence-corrected chi connectivity index (χ0v) is 31.3.